The molecule has 4 nitrogen and oxygen atoms in total. The number of aryl methyl sites for hydroxylation is 2. The maximum Gasteiger partial charge on any atom is 0.277 e. The lowest BCUT2D eigenvalue weighted by molar-refractivity contribution is -0.123. The Morgan fingerprint density at radius 3 is 2.55 bits per heavy atom. The Balaban J connectivity index is 1.87. The van der Waals surface area contributed by atoms with E-state index >= 15 is 0 Å². The molecule has 0 radical (unpaired) electrons. The van der Waals surface area contributed by atoms with Crippen LogP contribution in [-0.2, 0) is 4.79 Å². The molecule has 0 bridgehead atoms. The van der Waals surface area contributed by atoms with Crippen LogP contribution in [0.3, 0.4) is 0 Å². The van der Waals surface area contributed by atoms with E-state index in [1.54, 1.807) is 6.07 Å². The Bertz CT molecular complexity index is 690. The van der Waals surface area contributed by atoms with E-state index in [0.29, 0.717) is 15.8 Å². The van der Waals surface area contributed by atoms with Crippen LogP contribution < -0.4 is 10.2 Å². The fraction of sp³-hybridized carbons (Fsp3) is 0.250. The summed E-state index contributed by atoms with van der Waals surface area (Å²) in [4.78, 5) is 12.7. The first-order valence-corrected chi connectivity index (χ1v) is 7.93. The average molecular weight is 337 g/mol. The number of thiophene rings is 1. The molecule has 0 saturated carbocycles. The van der Waals surface area contributed by atoms with Gasteiger partial charge < -0.3 is 4.74 Å². The molecule has 6 heteroatoms. The third kappa shape index (κ3) is 4.86. The van der Waals surface area contributed by atoms with Gasteiger partial charge in [-0.1, -0.05) is 17.7 Å². The third-order valence-corrected chi connectivity index (χ3v) is 4.18. The Morgan fingerprint density at radius 2 is 1.95 bits per heavy atom. The van der Waals surface area contributed by atoms with Gasteiger partial charge in [0.05, 0.1) is 14.9 Å². The van der Waals surface area contributed by atoms with Gasteiger partial charge in [-0.2, -0.15) is 5.10 Å². The minimum atomic E-state index is -0.304. The number of benzene rings is 1. The molecular formula is C16H17ClN2O2S. The van der Waals surface area contributed by atoms with Crippen LogP contribution in [0, 0.1) is 13.8 Å². The van der Waals surface area contributed by atoms with E-state index in [1.807, 2.05) is 45.0 Å². The molecule has 2 rings (SSSR count). The second-order valence-corrected chi connectivity index (χ2v) is 6.66. The van der Waals surface area contributed by atoms with Crippen molar-refractivity contribution in [3.63, 3.8) is 0 Å². The number of amides is 1. The Labute approximate surface area is 138 Å². The van der Waals surface area contributed by atoms with E-state index in [2.05, 4.69) is 10.5 Å². The number of nitrogens with zero attached hydrogens (tertiary/aromatic N) is 1. The van der Waals surface area contributed by atoms with E-state index in [0.717, 1.165) is 16.0 Å². The van der Waals surface area contributed by atoms with Gasteiger partial charge in [0.25, 0.3) is 5.91 Å². The first kappa shape index (κ1) is 16.5. The van der Waals surface area contributed by atoms with Crippen LogP contribution in [0.5, 0.6) is 5.75 Å². The van der Waals surface area contributed by atoms with Gasteiger partial charge in [-0.05, 0) is 56.2 Å². The minimum absolute atomic E-state index is 0.0785. The molecule has 0 aliphatic rings. The van der Waals surface area contributed by atoms with Crippen LogP contribution in [0.4, 0.5) is 0 Å². The van der Waals surface area contributed by atoms with Crippen molar-refractivity contribution in [3.05, 3.63) is 50.7 Å². The first-order valence-electron chi connectivity index (χ1n) is 6.74. The number of nitrogens with one attached hydrogen (secondary N) is 1. The zero-order valence-electron chi connectivity index (χ0n) is 12.6. The molecule has 0 spiro atoms. The van der Waals surface area contributed by atoms with Crippen molar-refractivity contribution in [2.24, 2.45) is 5.10 Å². The number of hydrogen-bond donors (Lipinski definition) is 1. The van der Waals surface area contributed by atoms with Gasteiger partial charge in [0, 0.05) is 0 Å². The highest BCUT2D eigenvalue weighted by molar-refractivity contribution is 7.18. The van der Waals surface area contributed by atoms with Crippen molar-refractivity contribution in [1.82, 2.24) is 5.43 Å². The second-order valence-electron chi connectivity index (χ2n) is 4.95. The second kappa shape index (κ2) is 7.42. The summed E-state index contributed by atoms with van der Waals surface area (Å²) in [5.41, 5.74) is 5.37. The van der Waals surface area contributed by atoms with Crippen molar-refractivity contribution < 1.29 is 9.53 Å². The molecule has 1 aromatic carbocycles. The largest absolute Gasteiger partial charge is 0.484 e. The summed E-state index contributed by atoms with van der Waals surface area (Å²) in [6.45, 7) is 5.71. The van der Waals surface area contributed by atoms with Crippen LogP contribution in [0.2, 0.25) is 4.34 Å². The van der Waals surface area contributed by atoms with Gasteiger partial charge in [0.1, 0.15) is 5.75 Å². The number of carbonyl (C=O) groups is 1. The van der Waals surface area contributed by atoms with Crippen LogP contribution in [0.15, 0.2) is 35.4 Å². The number of rotatable bonds is 5. The highest BCUT2D eigenvalue weighted by atomic mass is 35.5. The van der Waals surface area contributed by atoms with E-state index in [-0.39, 0.29) is 12.5 Å². The summed E-state index contributed by atoms with van der Waals surface area (Å²) >= 11 is 7.28. The Hall–Kier alpha value is -1.85. The van der Waals surface area contributed by atoms with Gasteiger partial charge in [-0.25, -0.2) is 5.43 Å². The van der Waals surface area contributed by atoms with Gasteiger partial charge in [-0.3, -0.25) is 4.79 Å². The molecule has 0 saturated heterocycles. The number of hydrazone groups is 1. The monoisotopic (exact) mass is 336 g/mol. The lowest BCUT2D eigenvalue weighted by Gasteiger charge is -2.07. The Morgan fingerprint density at radius 1 is 1.27 bits per heavy atom. The number of carbonyl (C=O) groups excluding carboxylic acids is 1. The minimum Gasteiger partial charge on any atom is -0.484 e. The summed E-state index contributed by atoms with van der Waals surface area (Å²) < 4.78 is 6.16. The number of halogens is 1. The van der Waals surface area contributed by atoms with Crippen molar-refractivity contribution in [1.29, 1.82) is 0 Å². The molecule has 1 heterocycles. The van der Waals surface area contributed by atoms with Gasteiger partial charge in [0.15, 0.2) is 6.61 Å². The molecule has 1 aromatic heterocycles. The summed E-state index contributed by atoms with van der Waals surface area (Å²) in [6, 6.07) is 9.49. The fourth-order valence-corrected chi connectivity index (χ4v) is 2.90. The first-order chi connectivity index (χ1) is 10.4. The summed E-state index contributed by atoms with van der Waals surface area (Å²) in [6.07, 6.45) is 0. The predicted molar refractivity (Wildman–Crippen MR) is 91.1 cm³/mol. The van der Waals surface area contributed by atoms with Crippen LogP contribution in [0.25, 0.3) is 0 Å². The highest BCUT2D eigenvalue weighted by Gasteiger charge is 2.05. The summed E-state index contributed by atoms with van der Waals surface area (Å²) in [5, 5.41) is 4.04. The van der Waals surface area contributed by atoms with Crippen molar-refractivity contribution in [3.8, 4) is 5.75 Å². The smallest absolute Gasteiger partial charge is 0.277 e. The average Bonchev–Trinajstić information content (AvgIpc) is 2.88. The fourth-order valence-electron chi connectivity index (χ4n) is 1.91. The van der Waals surface area contributed by atoms with Gasteiger partial charge in [0.2, 0.25) is 0 Å². The topological polar surface area (TPSA) is 50.7 Å². The molecule has 2 aromatic rings. The molecule has 0 aliphatic carbocycles. The van der Waals surface area contributed by atoms with E-state index in [9.17, 15) is 4.79 Å². The maximum absolute atomic E-state index is 11.8. The third-order valence-electron chi connectivity index (χ3n) is 2.84. The number of ether oxygens (including phenoxy) is 1. The molecule has 22 heavy (non-hydrogen) atoms. The zero-order chi connectivity index (χ0) is 16.1. The maximum atomic E-state index is 11.8. The molecule has 0 atom stereocenters. The van der Waals surface area contributed by atoms with Crippen LogP contribution in [0.1, 0.15) is 22.9 Å². The van der Waals surface area contributed by atoms with Crippen LogP contribution >= 0.6 is 22.9 Å². The molecule has 1 N–H and O–H groups in total. The van der Waals surface area contributed by atoms with Gasteiger partial charge in [-0.15, -0.1) is 11.3 Å². The summed E-state index contributed by atoms with van der Waals surface area (Å²) in [5.74, 6) is 0.375. The molecule has 116 valence electrons. The van der Waals surface area contributed by atoms with Crippen molar-refractivity contribution in [2.45, 2.75) is 20.8 Å². The summed E-state index contributed by atoms with van der Waals surface area (Å²) in [7, 11) is 0. The Kier molecular flexibility index (Phi) is 5.57. The quantitative estimate of drug-likeness (QED) is 0.664. The van der Waals surface area contributed by atoms with Crippen LogP contribution in [-0.4, -0.2) is 18.2 Å². The van der Waals surface area contributed by atoms with E-state index in [1.165, 1.54) is 11.3 Å². The van der Waals surface area contributed by atoms with Gasteiger partial charge >= 0.3 is 0 Å². The predicted octanol–water partition coefficient (Wildman–Crippen LogP) is 3.94. The highest BCUT2D eigenvalue weighted by Crippen LogP contribution is 2.21. The van der Waals surface area contributed by atoms with E-state index in [4.69, 9.17) is 16.3 Å². The normalized spacial score (nSPS) is 11.4. The number of hydrogen-bond acceptors (Lipinski definition) is 4. The molecule has 1 amide bonds. The molecular weight excluding hydrogens is 320 g/mol. The SMILES string of the molecule is CC(=NNC(=O)COc1cc(C)cc(C)c1)c1ccc(Cl)s1. The lowest BCUT2D eigenvalue weighted by atomic mass is 10.1. The lowest BCUT2D eigenvalue weighted by Crippen LogP contribution is -2.25. The van der Waals surface area contributed by atoms with Crippen molar-refractivity contribution in [2.75, 3.05) is 6.61 Å². The van der Waals surface area contributed by atoms with Crippen molar-refractivity contribution >= 4 is 34.6 Å². The zero-order valence-corrected chi connectivity index (χ0v) is 14.2. The molecule has 0 unspecified atom stereocenters. The molecule has 0 aliphatic heterocycles. The standard InChI is InChI=1S/C16H17ClN2O2S/c1-10-6-11(2)8-13(7-10)21-9-16(20)19-18-12(3)14-4-5-15(17)22-14/h4-8H,9H2,1-3H3,(H,19,20). The van der Waals surface area contributed by atoms with E-state index < -0.39 is 0 Å². The molecule has 0 fully saturated rings.